The van der Waals surface area contributed by atoms with E-state index in [1.165, 1.54) is 12.1 Å². The molecule has 1 aromatic carbocycles. The maximum atomic E-state index is 12.7. The molecule has 4 nitrogen and oxygen atoms in total. The molecule has 19 heavy (non-hydrogen) atoms. The first-order valence-electron chi connectivity index (χ1n) is 6.24. The number of sulfonamides is 1. The summed E-state index contributed by atoms with van der Waals surface area (Å²) in [6, 6.07) is 4.71. The minimum Gasteiger partial charge on any atom is -0.300 e. The number of halogens is 1. The van der Waals surface area contributed by atoms with Gasteiger partial charge in [0.1, 0.15) is 11.6 Å². The zero-order chi connectivity index (χ0) is 13.9. The number of hydrogen-bond acceptors (Lipinski definition) is 3. The molecule has 0 atom stereocenters. The van der Waals surface area contributed by atoms with Gasteiger partial charge in [0, 0.05) is 19.4 Å². The van der Waals surface area contributed by atoms with Crippen molar-refractivity contribution in [1.82, 2.24) is 4.72 Å². The van der Waals surface area contributed by atoms with E-state index in [1.807, 2.05) is 0 Å². The molecular formula is C13H16FNO3S. The summed E-state index contributed by atoms with van der Waals surface area (Å²) in [4.78, 5) is 11.1. The Hall–Kier alpha value is -1.27. The normalized spacial score (nSPS) is 17.6. The van der Waals surface area contributed by atoms with Crippen molar-refractivity contribution in [2.75, 3.05) is 6.54 Å². The van der Waals surface area contributed by atoms with Crippen LogP contribution in [-0.4, -0.2) is 20.7 Å². The Balaban J connectivity index is 1.94. The SMILES string of the molecule is O=C1CCC(CNS(=O)(=O)c2ccc(F)cc2)CC1. The highest BCUT2D eigenvalue weighted by atomic mass is 32.2. The summed E-state index contributed by atoms with van der Waals surface area (Å²) in [7, 11) is -3.59. The van der Waals surface area contributed by atoms with Gasteiger partial charge in [0.25, 0.3) is 0 Å². The lowest BCUT2D eigenvalue weighted by molar-refractivity contribution is -0.120. The van der Waals surface area contributed by atoms with Gasteiger partial charge in [-0.2, -0.15) is 0 Å². The first kappa shape index (κ1) is 14.1. The molecule has 0 radical (unpaired) electrons. The van der Waals surface area contributed by atoms with Gasteiger partial charge >= 0.3 is 0 Å². The zero-order valence-corrected chi connectivity index (χ0v) is 11.2. The molecule has 0 amide bonds. The number of hydrogen-bond donors (Lipinski definition) is 1. The Morgan fingerprint density at radius 3 is 2.32 bits per heavy atom. The van der Waals surface area contributed by atoms with Crippen LogP contribution >= 0.6 is 0 Å². The molecule has 0 unspecified atom stereocenters. The largest absolute Gasteiger partial charge is 0.300 e. The van der Waals surface area contributed by atoms with Crippen molar-refractivity contribution >= 4 is 15.8 Å². The molecule has 104 valence electrons. The number of carbonyl (C=O) groups is 1. The number of rotatable bonds is 4. The second kappa shape index (κ2) is 5.79. The fraction of sp³-hybridized carbons (Fsp3) is 0.462. The maximum Gasteiger partial charge on any atom is 0.240 e. The average molecular weight is 285 g/mol. The molecule has 0 aliphatic heterocycles. The van der Waals surface area contributed by atoms with Crippen molar-refractivity contribution in [3.05, 3.63) is 30.1 Å². The lowest BCUT2D eigenvalue weighted by atomic mass is 9.89. The van der Waals surface area contributed by atoms with Crippen LogP contribution in [0.25, 0.3) is 0 Å². The van der Waals surface area contributed by atoms with E-state index >= 15 is 0 Å². The first-order chi connectivity index (χ1) is 8.97. The molecule has 0 heterocycles. The molecule has 1 N–H and O–H groups in total. The number of carbonyl (C=O) groups excluding carboxylic acids is 1. The molecular weight excluding hydrogens is 269 g/mol. The molecule has 0 aromatic heterocycles. The zero-order valence-electron chi connectivity index (χ0n) is 10.4. The Labute approximate surface area is 112 Å². The van der Waals surface area contributed by atoms with Crippen molar-refractivity contribution in [3.8, 4) is 0 Å². The van der Waals surface area contributed by atoms with Gasteiger partial charge < -0.3 is 0 Å². The van der Waals surface area contributed by atoms with E-state index < -0.39 is 15.8 Å². The van der Waals surface area contributed by atoms with Gasteiger partial charge in [-0.3, -0.25) is 4.79 Å². The maximum absolute atomic E-state index is 12.7. The second-order valence-electron chi connectivity index (χ2n) is 4.79. The molecule has 0 saturated heterocycles. The summed E-state index contributed by atoms with van der Waals surface area (Å²) in [5, 5.41) is 0. The molecule has 0 spiro atoms. The first-order valence-corrected chi connectivity index (χ1v) is 7.72. The number of benzene rings is 1. The van der Waals surface area contributed by atoms with Gasteiger partial charge in [-0.1, -0.05) is 0 Å². The summed E-state index contributed by atoms with van der Waals surface area (Å²) >= 11 is 0. The fourth-order valence-corrected chi connectivity index (χ4v) is 3.24. The Morgan fingerprint density at radius 1 is 1.16 bits per heavy atom. The van der Waals surface area contributed by atoms with E-state index in [4.69, 9.17) is 0 Å². The predicted octanol–water partition coefficient (Wildman–Crippen LogP) is 1.86. The Bertz CT molecular complexity index is 544. The minimum atomic E-state index is -3.59. The topological polar surface area (TPSA) is 63.2 Å². The van der Waals surface area contributed by atoms with Crippen molar-refractivity contribution < 1.29 is 17.6 Å². The van der Waals surface area contributed by atoms with E-state index in [1.54, 1.807) is 0 Å². The Morgan fingerprint density at radius 2 is 1.74 bits per heavy atom. The number of nitrogens with one attached hydrogen (secondary N) is 1. The lowest BCUT2D eigenvalue weighted by Gasteiger charge is -2.21. The van der Waals surface area contributed by atoms with Crippen molar-refractivity contribution in [3.63, 3.8) is 0 Å². The van der Waals surface area contributed by atoms with Crippen molar-refractivity contribution in [1.29, 1.82) is 0 Å². The molecule has 1 aliphatic rings. The number of Topliss-reactive ketones (excluding diaryl/α,β-unsaturated/α-hetero) is 1. The van der Waals surface area contributed by atoms with Crippen LogP contribution < -0.4 is 4.72 Å². The van der Waals surface area contributed by atoms with Gasteiger partial charge in [0.15, 0.2) is 0 Å². The standard InChI is InChI=1S/C13H16FNO3S/c14-11-3-7-13(8-4-11)19(17,18)15-9-10-1-5-12(16)6-2-10/h3-4,7-8,10,15H,1-2,5-6,9H2. The number of ketones is 1. The summed E-state index contributed by atoms with van der Waals surface area (Å²) in [6.45, 7) is 0.326. The van der Waals surface area contributed by atoms with Gasteiger partial charge in [-0.25, -0.2) is 17.5 Å². The molecule has 1 saturated carbocycles. The predicted molar refractivity (Wildman–Crippen MR) is 68.6 cm³/mol. The van der Waals surface area contributed by atoms with E-state index in [0.29, 0.717) is 19.4 Å². The highest BCUT2D eigenvalue weighted by molar-refractivity contribution is 7.89. The fourth-order valence-electron chi connectivity index (χ4n) is 2.13. The monoisotopic (exact) mass is 285 g/mol. The summed E-state index contributed by atoms with van der Waals surface area (Å²) in [6.07, 6.45) is 2.52. The van der Waals surface area contributed by atoms with Crippen LogP contribution in [0.1, 0.15) is 25.7 Å². The lowest BCUT2D eigenvalue weighted by Crippen LogP contribution is -2.31. The van der Waals surface area contributed by atoms with Gasteiger partial charge in [0.2, 0.25) is 10.0 Å². The van der Waals surface area contributed by atoms with E-state index in [-0.39, 0.29) is 16.6 Å². The molecule has 1 aliphatic carbocycles. The third-order valence-corrected chi connectivity index (χ3v) is 4.79. The molecule has 1 aromatic rings. The second-order valence-corrected chi connectivity index (χ2v) is 6.55. The van der Waals surface area contributed by atoms with Crippen molar-refractivity contribution in [2.24, 2.45) is 5.92 Å². The average Bonchev–Trinajstić information content (AvgIpc) is 2.39. The van der Waals surface area contributed by atoms with Gasteiger partial charge in [-0.05, 0) is 43.0 Å². The quantitative estimate of drug-likeness (QED) is 0.918. The van der Waals surface area contributed by atoms with Crippen LogP contribution in [0, 0.1) is 11.7 Å². The highest BCUT2D eigenvalue weighted by Gasteiger charge is 2.21. The van der Waals surface area contributed by atoms with Crippen LogP contribution in [0.5, 0.6) is 0 Å². The van der Waals surface area contributed by atoms with Crippen LogP contribution in [0.4, 0.5) is 4.39 Å². The third-order valence-electron chi connectivity index (χ3n) is 3.35. The van der Waals surface area contributed by atoms with E-state index in [2.05, 4.69) is 4.72 Å². The minimum absolute atomic E-state index is 0.0563. The molecule has 2 rings (SSSR count). The Kier molecular flexibility index (Phi) is 4.31. The van der Waals surface area contributed by atoms with Crippen LogP contribution in [-0.2, 0) is 14.8 Å². The van der Waals surface area contributed by atoms with E-state index in [9.17, 15) is 17.6 Å². The molecule has 0 bridgehead atoms. The van der Waals surface area contributed by atoms with Crippen LogP contribution in [0.3, 0.4) is 0 Å². The molecule has 6 heteroatoms. The molecule has 1 fully saturated rings. The van der Waals surface area contributed by atoms with E-state index in [0.717, 1.165) is 25.0 Å². The summed E-state index contributed by atoms with van der Waals surface area (Å²) < 4.78 is 39.2. The smallest absolute Gasteiger partial charge is 0.240 e. The van der Waals surface area contributed by atoms with Crippen LogP contribution in [0.2, 0.25) is 0 Å². The van der Waals surface area contributed by atoms with Gasteiger partial charge in [0.05, 0.1) is 4.90 Å². The van der Waals surface area contributed by atoms with Crippen molar-refractivity contribution in [2.45, 2.75) is 30.6 Å². The van der Waals surface area contributed by atoms with Crippen LogP contribution in [0.15, 0.2) is 29.2 Å². The highest BCUT2D eigenvalue weighted by Crippen LogP contribution is 2.21. The summed E-state index contributed by atoms with van der Waals surface area (Å²) in [5.74, 6) is -0.0182. The third kappa shape index (κ3) is 3.84. The summed E-state index contributed by atoms with van der Waals surface area (Å²) in [5.41, 5.74) is 0. The van der Waals surface area contributed by atoms with Gasteiger partial charge in [-0.15, -0.1) is 0 Å².